The first kappa shape index (κ1) is 30.5. The Morgan fingerprint density at radius 2 is 1.07 bits per heavy atom. The molecule has 2 saturated carbocycles. The summed E-state index contributed by atoms with van der Waals surface area (Å²) in [6.45, 7) is 0.285. The number of aromatic nitrogens is 6. The minimum Gasteiger partial charge on any atom is -0.386 e. The molecule has 0 spiro atoms. The van der Waals surface area contributed by atoms with Crippen LogP contribution in [-0.4, -0.2) is 60.7 Å². The van der Waals surface area contributed by atoms with Crippen molar-refractivity contribution in [1.82, 2.24) is 29.5 Å². The molecule has 2 heterocycles. The molecule has 2 aromatic carbocycles. The van der Waals surface area contributed by atoms with Crippen molar-refractivity contribution < 1.29 is 10.2 Å². The van der Waals surface area contributed by atoms with Crippen LogP contribution in [-0.2, 0) is 25.9 Å². The minimum atomic E-state index is -1.29. The highest BCUT2D eigenvalue weighted by molar-refractivity contribution is 8.76. The van der Waals surface area contributed by atoms with E-state index in [-0.39, 0.29) is 25.9 Å². The number of halogens is 4. The van der Waals surface area contributed by atoms with Crippen molar-refractivity contribution in [2.75, 3.05) is 0 Å². The third kappa shape index (κ3) is 6.19. The molecule has 2 aliphatic rings. The largest absolute Gasteiger partial charge is 0.386 e. The van der Waals surface area contributed by atoms with E-state index in [1.807, 2.05) is 36.4 Å². The van der Waals surface area contributed by atoms with E-state index in [2.05, 4.69) is 20.2 Å². The van der Waals surface area contributed by atoms with Crippen LogP contribution in [0.3, 0.4) is 0 Å². The van der Waals surface area contributed by atoms with E-state index in [1.54, 1.807) is 21.5 Å². The maximum atomic E-state index is 11.9. The highest BCUT2D eigenvalue weighted by Gasteiger charge is 2.59. The number of hydrogen-bond acceptors (Lipinski definition) is 8. The topological polar surface area (TPSA) is 102 Å². The Labute approximate surface area is 271 Å². The number of alkyl halides is 2. The van der Waals surface area contributed by atoms with Crippen LogP contribution in [0.2, 0.25) is 10.0 Å². The van der Waals surface area contributed by atoms with Crippen LogP contribution in [0.15, 0.2) is 71.5 Å². The summed E-state index contributed by atoms with van der Waals surface area (Å²) < 4.78 is 3.31. The van der Waals surface area contributed by atoms with Crippen LogP contribution in [0.4, 0.5) is 0 Å². The monoisotopic (exact) mass is 684 g/mol. The Morgan fingerprint density at radius 3 is 1.43 bits per heavy atom. The van der Waals surface area contributed by atoms with Crippen LogP contribution in [0.1, 0.15) is 36.8 Å². The van der Waals surface area contributed by atoms with Crippen molar-refractivity contribution in [2.45, 2.75) is 82.9 Å². The van der Waals surface area contributed by atoms with Gasteiger partial charge >= 0.3 is 0 Å². The van der Waals surface area contributed by atoms with E-state index in [1.165, 1.54) is 34.2 Å². The molecule has 14 heteroatoms. The predicted octanol–water partition coefficient (Wildman–Crippen LogP) is 6.47. The van der Waals surface area contributed by atoms with Crippen LogP contribution < -0.4 is 0 Å². The molecule has 2 unspecified atom stereocenters. The zero-order chi connectivity index (χ0) is 29.6. The van der Waals surface area contributed by atoms with Crippen molar-refractivity contribution in [3.8, 4) is 0 Å². The number of rotatable bonds is 13. The van der Waals surface area contributed by atoms with E-state index < -0.39 is 21.0 Å². The Hall–Kier alpha value is -1.50. The fraction of sp³-hybridized carbons (Fsp3) is 0.429. The van der Waals surface area contributed by atoms with Gasteiger partial charge in [0.05, 0.1) is 22.8 Å². The molecule has 0 aliphatic heterocycles. The van der Waals surface area contributed by atoms with Gasteiger partial charge in [-0.3, -0.25) is 0 Å². The van der Waals surface area contributed by atoms with Crippen LogP contribution in [0.25, 0.3) is 0 Å². The van der Waals surface area contributed by atoms with Gasteiger partial charge in [0.1, 0.15) is 23.9 Å². The van der Waals surface area contributed by atoms with E-state index >= 15 is 0 Å². The maximum absolute atomic E-state index is 11.9. The lowest BCUT2D eigenvalue weighted by molar-refractivity contribution is 0.00486. The second kappa shape index (κ2) is 11.8. The first-order valence-corrected chi connectivity index (χ1v) is 17.1. The summed E-state index contributed by atoms with van der Waals surface area (Å²) in [6.07, 6.45) is 6.26. The average molecular weight is 687 g/mol. The summed E-state index contributed by atoms with van der Waals surface area (Å²) in [5.74, 6) is 0. The second-order valence-electron chi connectivity index (χ2n) is 11.1. The zero-order valence-electron chi connectivity index (χ0n) is 22.3. The molecular formula is C28H28Cl4N6O2S2. The number of aliphatic hydroxyl groups is 2. The first-order chi connectivity index (χ1) is 20.0. The summed E-state index contributed by atoms with van der Waals surface area (Å²) in [5, 5.41) is 34.8. The molecule has 0 saturated heterocycles. The van der Waals surface area contributed by atoms with Crippen LogP contribution in [0, 0.1) is 0 Å². The lowest BCUT2D eigenvalue weighted by Crippen LogP contribution is -2.47. The third-order valence-electron chi connectivity index (χ3n) is 8.10. The van der Waals surface area contributed by atoms with Gasteiger partial charge in [-0.15, -0.1) is 23.2 Å². The Bertz CT molecular complexity index is 1460. The number of nitrogens with zero attached hydrogens (tertiary/aromatic N) is 6. The fourth-order valence-electron chi connectivity index (χ4n) is 5.20. The quantitative estimate of drug-likeness (QED) is 0.122. The standard InChI is InChI=1S/C28H28Cl4N6O2S2/c29-21-7-3-1-5-19(21)13-27(39,25(31)9-10-25)15-37-23(33-17-35-37)41-42-24-34-18-36-38(24)16-28(40,26(32)11-12-26)14-20-6-2-4-8-22(20)30/h1-8,17-18,39-40H,9-16H2. The average Bonchev–Trinajstić information content (AvgIpc) is 3.80. The molecule has 2 atom stereocenters. The Kier molecular flexibility index (Phi) is 8.56. The molecule has 0 amide bonds. The number of hydrogen-bond donors (Lipinski definition) is 2. The van der Waals surface area contributed by atoms with Crippen molar-refractivity contribution in [2.24, 2.45) is 0 Å². The van der Waals surface area contributed by atoms with E-state index in [0.717, 1.165) is 11.1 Å². The highest BCUT2D eigenvalue weighted by Crippen LogP contribution is 2.54. The Balaban J connectivity index is 1.18. The van der Waals surface area contributed by atoms with E-state index in [4.69, 9.17) is 46.4 Å². The maximum Gasteiger partial charge on any atom is 0.197 e. The van der Waals surface area contributed by atoms with Gasteiger partial charge in [-0.05, 0) is 70.5 Å². The molecule has 8 nitrogen and oxygen atoms in total. The van der Waals surface area contributed by atoms with Gasteiger partial charge in [-0.25, -0.2) is 19.3 Å². The predicted molar refractivity (Wildman–Crippen MR) is 168 cm³/mol. The molecule has 0 bridgehead atoms. The molecule has 0 radical (unpaired) electrons. The van der Waals surface area contributed by atoms with Gasteiger partial charge in [0.15, 0.2) is 10.3 Å². The van der Waals surface area contributed by atoms with Gasteiger partial charge in [-0.1, -0.05) is 59.6 Å². The number of benzene rings is 2. The van der Waals surface area contributed by atoms with E-state index in [0.29, 0.717) is 46.0 Å². The Morgan fingerprint density at radius 1 is 0.690 bits per heavy atom. The SMILES string of the molecule is OC(Cc1ccccc1Cl)(Cn1ncnc1SSc1ncnn1CC(O)(Cc1ccccc1Cl)C1(Cl)CC1)C1(Cl)CC1. The van der Waals surface area contributed by atoms with Gasteiger partial charge in [0.2, 0.25) is 0 Å². The smallest absolute Gasteiger partial charge is 0.197 e. The lowest BCUT2D eigenvalue weighted by atomic mass is 9.89. The summed E-state index contributed by atoms with van der Waals surface area (Å²) in [7, 11) is 2.66. The molecule has 2 aliphatic carbocycles. The summed E-state index contributed by atoms with van der Waals surface area (Å²) in [6, 6.07) is 14.9. The molecule has 6 rings (SSSR count). The van der Waals surface area contributed by atoms with Gasteiger partial charge in [0, 0.05) is 22.9 Å². The summed E-state index contributed by atoms with van der Waals surface area (Å²) in [4.78, 5) is 7.31. The molecule has 222 valence electrons. The molecule has 4 aromatic rings. The van der Waals surface area contributed by atoms with Crippen molar-refractivity contribution in [3.63, 3.8) is 0 Å². The van der Waals surface area contributed by atoms with Crippen molar-refractivity contribution in [1.29, 1.82) is 0 Å². The van der Waals surface area contributed by atoms with Gasteiger partial charge in [-0.2, -0.15) is 10.2 Å². The lowest BCUT2D eigenvalue weighted by Gasteiger charge is -2.34. The minimum absolute atomic E-state index is 0.143. The summed E-state index contributed by atoms with van der Waals surface area (Å²) in [5.41, 5.74) is -0.937. The zero-order valence-corrected chi connectivity index (χ0v) is 27.0. The highest BCUT2D eigenvalue weighted by atomic mass is 35.5. The van der Waals surface area contributed by atoms with E-state index in [9.17, 15) is 10.2 Å². The molecule has 42 heavy (non-hydrogen) atoms. The second-order valence-corrected chi connectivity index (χ2v) is 15.4. The summed E-state index contributed by atoms with van der Waals surface area (Å²) >= 11 is 26.5. The van der Waals surface area contributed by atoms with Crippen LogP contribution in [0.5, 0.6) is 0 Å². The third-order valence-corrected chi connectivity index (χ3v) is 12.5. The van der Waals surface area contributed by atoms with Crippen molar-refractivity contribution in [3.05, 3.63) is 82.4 Å². The first-order valence-electron chi connectivity index (χ1n) is 13.4. The molecule has 2 fully saturated rings. The molecule has 2 aromatic heterocycles. The normalized spacial score (nSPS) is 19.7. The molecular weight excluding hydrogens is 658 g/mol. The van der Waals surface area contributed by atoms with Crippen molar-refractivity contribution >= 4 is 68.0 Å². The van der Waals surface area contributed by atoms with Crippen LogP contribution >= 0.6 is 68.0 Å². The molecule has 2 N–H and O–H groups in total. The fourth-order valence-corrected chi connectivity index (χ4v) is 7.99. The van der Waals surface area contributed by atoms with Gasteiger partial charge < -0.3 is 10.2 Å². The van der Waals surface area contributed by atoms with Gasteiger partial charge in [0.25, 0.3) is 0 Å².